The predicted octanol–water partition coefficient (Wildman–Crippen LogP) is 3.31. The fraction of sp³-hybridized carbons (Fsp3) is 0.250. The zero-order chi connectivity index (χ0) is 16.5. The Morgan fingerprint density at radius 3 is 2.96 bits per heavy atom. The van der Waals surface area contributed by atoms with Crippen molar-refractivity contribution in [3.63, 3.8) is 0 Å². The first-order valence-electron chi connectivity index (χ1n) is 8.18. The summed E-state index contributed by atoms with van der Waals surface area (Å²) in [6, 6.07) is 15.8. The summed E-state index contributed by atoms with van der Waals surface area (Å²) in [6.45, 7) is 0. The first-order valence-corrected chi connectivity index (χ1v) is 8.18. The van der Waals surface area contributed by atoms with E-state index in [4.69, 9.17) is 9.68 Å². The molecule has 0 spiro atoms. The molecule has 1 unspecified atom stereocenters. The van der Waals surface area contributed by atoms with Crippen molar-refractivity contribution in [1.82, 2.24) is 4.98 Å². The third kappa shape index (κ3) is 2.48. The Morgan fingerprint density at radius 1 is 1.25 bits per heavy atom. The van der Waals surface area contributed by atoms with Crippen LogP contribution in [0.1, 0.15) is 35.1 Å². The highest BCUT2D eigenvalue weighted by atomic mass is 16.4. The number of hydrogen-bond acceptors (Lipinski definition) is 3. The highest BCUT2D eigenvalue weighted by Gasteiger charge is 2.33. The van der Waals surface area contributed by atoms with Gasteiger partial charge >= 0.3 is 5.89 Å². The van der Waals surface area contributed by atoms with E-state index >= 15 is 0 Å². The first-order chi connectivity index (χ1) is 11.8. The van der Waals surface area contributed by atoms with Crippen LogP contribution in [-0.4, -0.2) is 4.98 Å². The molecule has 0 saturated carbocycles. The number of benzene rings is 1. The van der Waals surface area contributed by atoms with Gasteiger partial charge in [-0.1, -0.05) is 12.1 Å². The Bertz CT molecular complexity index is 922. The Kier molecular flexibility index (Phi) is 3.62. The number of fused-ring (bicyclic) bond motifs is 1. The van der Waals surface area contributed by atoms with Crippen LogP contribution in [0.4, 0.5) is 0 Å². The average Bonchev–Trinajstić information content (AvgIpc) is 2.98. The number of nitrogens with zero attached hydrogens (tertiary/aromatic N) is 3. The smallest absolute Gasteiger partial charge is 0.380 e. The van der Waals surface area contributed by atoms with Crippen molar-refractivity contribution < 1.29 is 8.98 Å². The van der Waals surface area contributed by atoms with Gasteiger partial charge in [0.15, 0.2) is 5.76 Å². The Morgan fingerprint density at radius 2 is 2.17 bits per heavy atom. The molecule has 0 radical (unpaired) electrons. The minimum absolute atomic E-state index is 0.406. The minimum atomic E-state index is 0.406. The molecule has 0 saturated heterocycles. The van der Waals surface area contributed by atoms with Crippen LogP contribution < -0.4 is 4.57 Å². The summed E-state index contributed by atoms with van der Waals surface area (Å²) >= 11 is 0. The molecule has 4 nitrogen and oxygen atoms in total. The summed E-state index contributed by atoms with van der Waals surface area (Å²) in [4.78, 5) is 4.50. The van der Waals surface area contributed by atoms with Gasteiger partial charge < -0.3 is 4.42 Å². The number of hydrogen-bond donors (Lipinski definition) is 0. The van der Waals surface area contributed by atoms with Crippen molar-refractivity contribution in [2.45, 2.75) is 25.2 Å². The van der Waals surface area contributed by atoms with Crippen molar-refractivity contribution in [3.8, 4) is 17.5 Å². The standard InChI is InChI=1S/C20H18N3O/c1-23-18-9-8-15(17-7-2-3-10-22-17)12-19(18)24-20(23)16-6-4-5-14(11-16)13-21/h2-7,10-11,15H,8-9,12H2,1H3/q+1. The summed E-state index contributed by atoms with van der Waals surface area (Å²) in [5.41, 5.74) is 3.98. The van der Waals surface area contributed by atoms with Gasteiger partial charge in [0.05, 0.1) is 17.2 Å². The van der Waals surface area contributed by atoms with E-state index in [-0.39, 0.29) is 0 Å². The molecule has 0 amide bonds. The first kappa shape index (κ1) is 14.6. The van der Waals surface area contributed by atoms with Gasteiger partial charge in [0.1, 0.15) is 7.05 Å². The van der Waals surface area contributed by atoms with Gasteiger partial charge in [0.25, 0.3) is 0 Å². The summed E-state index contributed by atoms with van der Waals surface area (Å²) in [7, 11) is 2.04. The van der Waals surface area contributed by atoms with E-state index in [2.05, 4.69) is 21.7 Å². The lowest BCUT2D eigenvalue weighted by Gasteiger charge is -2.17. The van der Waals surface area contributed by atoms with Crippen molar-refractivity contribution in [2.24, 2.45) is 7.05 Å². The highest BCUT2D eigenvalue weighted by Crippen LogP contribution is 2.33. The molecule has 0 N–H and O–H groups in total. The fourth-order valence-electron chi connectivity index (χ4n) is 3.50. The average molecular weight is 316 g/mol. The quantitative estimate of drug-likeness (QED) is 0.682. The number of aromatic nitrogens is 2. The largest absolute Gasteiger partial charge is 0.403 e. The maximum Gasteiger partial charge on any atom is 0.380 e. The second-order valence-electron chi connectivity index (χ2n) is 6.22. The van der Waals surface area contributed by atoms with E-state index in [0.29, 0.717) is 11.5 Å². The lowest BCUT2D eigenvalue weighted by molar-refractivity contribution is -0.670. The molecule has 1 aliphatic carbocycles. The second kappa shape index (κ2) is 5.93. The molecule has 1 aromatic carbocycles. The van der Waals surface area contributed by atoms with Crippen LogP contribution >= 0.6 is 0 Å². The van der Waals surface area contributed by atoms with Gasteiger partial charge in [0.2, 0.25) is 5.69 Å². The molecule has 1 atom stereocenters. The van der Waals surface area contributed by atoms with Crippen LogP contribution in [0.3, 0.4) is 0 Å². The minimum Gasteiger partial charge on any atom is -0.403 e. The molecule has 3 aromatic rings. The van der Waals surface area contributed by atoms with Gasteiger partial charge in [-0.3, -0.25) is 4.98 Å². The Hall–Kier alpha value is -2.93. The summed E-state index contributed by atoms with van der Waals surface area (Å²) < 4.78 is 8.33. The van der Waals surface area contributed by atoms with Gasteiger partial charge in [-0.05, 0) is 36.8 Å². The van der Waals surface area contributed by atoms with E-state index in [0.717, 1.165) is 42.2 Å². The van der Waals surface area contributed by atoms with Crippen molar-refractivity contribution in [3.05, 3.63) is 71.4 Å². The van der Waals surface area contributed by atoms with Crippen LogP contribution in [0.2, 0.25) is 0 Å². The van der Waals surface area contributed by atoms with Crippen LogP contribution in [0.25, 0.3) is 11.5 Å². The number of oxazole rings is 1. The molecule has 0 bridgehead atoms. The maximum atomic E-state index is 9.11. The van der Waals surface area contributed by atoms with E-state index in [1.54, 1.807) is 0 Å². The molecular formula is C20H18N3O+. The predicted molar refractivity (Wildman–Crippen MR) is 89.0 cm³/mol. The second-order valence-corrected chi connectivity index (χ2v) is 6.22. The van der Waals surface area contributed by atoms with Crippen molar-refractivity contribution in [1.29, 1.82) is 5.26 Å². The monoisotopic (exact) mass is 316 g/mol. The number of nitriles is 1. The van der Waals surface area contributed by atoms with Crippen LogP contribution in [0, 0.1) is 11.3 Å². The van der Waals surface area contributed by atoms with Gasteiger partial charge in [0, 0.05) is 30.7 Å². The molecule has 4 rings (SSSR count). The van der Waals surface area contributed by atoms with E-state index in [1.165, 1.54) is 5.69 Å². The van der Waals surface area contributed by atoms with Crippen molar-refractivity contribution in [2.75, 3.05) is 0 Å². The molecule has 24 heavy (non-hydrogen) atoms. The molecule has 118 valence electrons. The molecule has 2 heterocycles. The van der Waals surface area contributed by atoms with Crippen LogP contribution in [0.5, 0.6) is 0 Å². The molecule has 0 aliphatic heterocycles. The summed E-state index contributed by atoms with van der Waals surface area (Å²) in [5.74, 6) is 2.26. The zero-order valence-electron chi connectivity index (χ0n) is 13.6. The molecular weight excluding hydrogens is 298 g/mol. The van der Waals surface area contributed by atoms with Gasteiger partial charge in [-0.25, -0.2) is 0 Å². The van der Waals surface area contributed by atoms with Gasteiger partial charge in [-0.15, -0.1) is 0 Å². The summed E-state index contributed by atoms with van der Waals surface area (Å²) in [5, 5.41) is 9.11. The lowest BCUT2D eigenvalue weighted by atomic mass is 9.87. The molecule has 1 aliphatic rings. The molecule has 2 aromatic heterocycles. The molecule has 0 fully saturated rings. The lowest BCUT2D eigenvalue weighted by Crippen LogP contribution is -2.35. The van der Waals surface area contributed by atoms with Gasteiger partial charge in [-0.2, -0.15) is 9.83 Å². The SMILES string of the molecule is C[n+]1c(-c2cccc(C#N)c2)oc2c1CCC(c1ccccn1)C2. The normalized spacial score (nSPS) is 16.4. The van der Waals surface area contributed by atoms with E-state index in [9.17, 15) is 0 Å². The zero-order valence-corrected chi connectivity index (χ0v) is 13.6. The summed E-state index contributed by atoms with van der Waals surface area (Å²) in [6.07, 6.45) is 4.79. The maximum absolute atomic E-state index is 9.11. The number of rotatable bonds is 2. The van der Waals surface area contributed by atoms with E-state index in [1.807, 2.05) is 49.6 Å². The molecule has 4 heteroatoms. The third-order valence-electron chi connectivity index (χ3n) is 4.76. The van der Waals surface area contributed by atoms with E-state index < -0.39 is 0 Å². The fourth-order valence-corrected chi connectivity index (χ4v) is 3.50. The Balaban J connectivity index is 1.70. The van der Waals surface area contributed by atoms with Crippen LogP contribution in [0.15, 0.2) is 53.1 Å². The number of pyridine rings is 1. The highest BCUT2D eigenvalue weighted by molar-refractivity contribution is 5.54. The third-order valence-corrected chi connectivity index (χ3v) is 4.76. The Labute approximate surface area is 141 Å². The van der Waals surface area contributed by atoms with Crippen molar-refractivity contribution >= 4 is 0 Å². The topological polar surface area (TPSA) is 53.7 Å². The van der Waals surface area contributed by atoms with Crippen LogP contribution in [-0.2, 0) is 19.9 Å².